The van der Waals surface area contributed by atoms with Crippen molar-refractivity contribution in [2.45, 2.75) is 12.8 Å². The van der Waals surface area contributed by atoms with Crippen molar-refractivity contribution < 1.29 is 13.5 Å². The number of halogens is 3. The quantitative estimate of drug-likeness (QED) is 0.595. The van der Waals surface area contributed by atoms with Crippen molar-refractivity contribution in [2.75, 3.05) is 44.4 Å². The number of methoxy groups -OCH3 is 1. The molecule has 1 saturated heterocycles. The van der Waals surface area contributed by atoms with Gasteiger partial charge in [0.1, 0.15) is 0 Å². The number of anilines is 1. The van der Waals surface area contributed by atoms with Gasteiger partial charge in [-0.15, -0.1) is 0 Å². The number of rotatable bonds is 4. The molecule has 9 heteroatoms. The third kappa shape index (κ3) is 5.30. The Kier molecular flexibility index (Phi) is 6.99. The van der Waals surface area contributed by atoms with Crippen LogP contribution in [0.4, 0.5) is 14.7 Å². The molecule has 5 rings (SSSR count). The van der Waals surface area contributed by atoms with Crippen molar-refractivity contribution in [3.8, 4) is 5.75 Å². The molecule has 0 N–H and O–H groups in total. The Labute approximate surface area is 190 Å². The minimum atomic E-state index is -0.652. The maximum absolute atomic E-state index is 13.6. The smallest absolute Gasteiger partial charge is 0.225 e. The second-order valence-corrected chi connectivity index (χ2v) is 9.20. The lowest BCUT2D eigenvalue weighted by atomic mass is 10.00. The van der Waals surface area contributed by atoms with Gasteiger partial charge in [-0.25, -0.2) is 23.1 Å². The zero-order valence-electron chi connectivity index (χ0n) is 17.5. The summed E-state index contributed by atoms with van der Waals surface area (Å²) in [5, 5.41) is 0.605. The monoisotopic (exact) mass is 466 g/mol. The molecular formula is C22H25ClF2N4OS. The normalized spacial score (nSPS) is 22.4. The lowest BCUT2D eigenvalue weighted by Crippen LogP contribution is -2.23. The molecule has 2 aromatic rings. The van der Waals surface area contributed by atoms with Gasteiger partial charge in [-0.1, -0.05) is 29.6 Å². The predicted molar refractivity (Wildman–Crippen MR) is 121 cm³/mol. The Hall–Kier alpha value is -1.90. The van der Waals surface area contributed by atoms with E-state index in [0.29, 0.717) is 10.6 Å². The van der Waals surface area contributed by atoms with E-state index in [1.807, 2.05) is 12.3 Å². The van der Waals surface area contributed by atoms with Gasteiger partial charge in [0.25, 0.3) is 0 Å². The van der Waals surface area contributed by atoms with E-state index in [1.165, 1.54) is 25.7 Å². The molecule has 5 nitrogen and oxygen atoms in total. The molecule has 2 atom stereocenters. The molecule has 0 amide bonds. The number of piperidine rings is 1. The lowest BCUT2D eigenvalue weighted by Gasteiger charge is -2.24. The number of fused-ring (bicyclic) bond motifs is 1. The van der Waals surface area contributed by atoms with E-state index in [1.54, 1.807) is 24.3 Å². The topological polar surface area (TPSA) is 41.5 Å². The van der Waals surface area contributed by atoms with Crippen LogP contribution in [0.2, 0.25) is 5.02 Å². The molecule has 0 bridgehead atoms. The molecule has 3 heterocycles. The number of aromatic nitrogens is 2. The molecule has 0 spiro atoms. The predicted octanol–water partition coefficient (Wildman–Crippen LogP) is 4.93. The summed E-state index contributed by atoms with van der Waals surface area (Å²) in [6.45, 7) is 3.95. The molecule has 0 radical (unpaired) electrons. The van der Waals surface area contributed by atoms with E-state index in [4.69, 9.17) is 11.6 Å². The number of hydrogen-bond acceptors (Lipinski definition) is 6. The van der Waals surface area contributed by atoms with Crippen molar-refractivity contribution >= 4 is 35.1 Å². The van der Waals surface area contributed by atoms with Crippen LogP contribution < -0.4 is 9.64 Å². The fraction of sp³-hybridized carbons (Fsp3) is 0.455. The highest BCUT2D eigenvalue weighted by Gasteiger charge is 2.45. The molecule has 166 valence electrons. The highest BCUT2D eigenvalue weighted by atomic mass is 35.5. The Balaban J connectivity index is 0.000000156. The van der Waals surface area contributed by atoms with Crippen LogP contribution in [0, 0.1) is 23.5 Å². The molecule has 2 aliphatic heterocycles. The van der Waals surface area contributed by atoms with Crippen LogP contribution in [0.5, 0.6) is 5.75 Å². The van der Waals surface area contributed by atoms with Crippen molar-refractivity contribution in [1.82, 2.24) is 14.3 Å². The van der Waals surface area contributed by atoms with Gasteiger partial charge in [-0.3, -0.25) is 0 Å². The second-order valence-electron chi connectivity index (χ2n) is 7.89. The van der Waals surface area contributed by atoms with Crippen molar-refractivity contribution in [3.05, 3.63) is 52.8 Å². The zero-order valence-corrected chi connectivity index (χ0v) is 19.1. The molecule has 2 fully saturated rings. The SMILES string of the molecule is COc1c(F)cc(C2=CCN(SC)CC2)cc1F.Clc1cnc(N2CC3CC3C2)nc1. The summed E-state index contributed by atoms with van der Waals surface area (Å²) in [5.41, 5.74) is 1.59. The minimum absolute atomic E-state index is 0.319. The maximum atomic E-state index is 13.6. The summed E-state index contributed by atoms with van der Waals surface area (Å²) >= 11 is 7.39. The molecule has 1 aromatic carbocycles. The Morgan fingerprint density at radius 1 is 1.13 bits per heavy atom. The van der Waals surface area contributed by atoms with Crippen molar-refractivity contribution in [1.29, 1.82) is 0 Å². The third-order valence-electron chi connectivity index (χ3n) is 5.87. The maximum Gasteiger partial charge on any atom is 0.225 e. The number of ether oxygens (including phenoxy) is 1. The average molecular weight is 467 g/mol. The Morgan fingerprint density at radius 3 is 2.29 bits per heavy atom. The molecular weight excluding hydrogens is 442 g/mol. The third-order valence-corrected chi connectivity index (χ3v) is 6.91. The van der Waals surface area contributed by atoms with Gasteiger partial charge < -0.3 is 9.64 Å². The van der Waals surface area contributed by atoms with Crippen molar-refractivity contribution in [3.63, 3.8) is 0 Å². The second kappa shape index (κ2) is 9.71. The summed E-state index contributed by atoms with van der Waals surface area (Å²) in [5.74, 6) is 1.04. The van der Waals surface area contributed by atoms with E-state index in [9.17, 15) is 8.78 Å². The van der Waals surface area contributed by atoms with Gasteiger partial charge in [-0.05, 0) is 54.2 Å². The first-order valence-corrected chi connectivity index (χ1v) is 11.8. The lowest BCUT2D eigenvalue weighted by molar-refractivity contribution is 0.359. The van der Waals surface area contributed by atoms with Crippen LogP contribution in [0.25, 0.3) is 5.57 Å². The van der Waals surface area contributed by atoms with E-state index in [2.05, 4.69) is 23.9 Å². The van der Waals surface area contributed by atoms with Crippen LogP contribution in [-0.2, 0) is 0 Å². The van der Waals surface area contributed by atoms with Crippen LogP contribution >= 0.6 is 23.5 Å². The van der Waals surface area contributed by atoms with Gasteiger partial charge in [0.05, 0.1) is 24.5 Å². The highest BCUT2D eigenvalue weighted by Crippen LogP contribution is 2.45. The van der Waals surface area contributed by atoms with Gasteiger partial charge in [0, 0.05) is 26.2 Å². The number of nitrogens with zero attached hydrogens (tertiary/aromatic N) is 4. The molecule has 1 saturated carbocycles. The Bertz CT molecular complexity index is 926. The number of hydrogen-bond donors (Lipinski definition) is 0. The fourth-order valence-electron chi connectivity index (χ4n) is 4.05. The van der Waals surface area contributed by atoms with E-state index >= 15 is 0 Å². The first-order chi connectivity index (χ1) is 15.0. The molecule has 1 aromatic heterocycles. The van der Waals surface area contributed by atoms with Crippen LogP contribution in [0.1, 0.15) is 18.4 Å². The van der Waals surface area contributed by atoms with Crippen LogP contribution in [0.15, 0.2) is 30.6 Å². The van der Waals surface area contributed by atoms with E-state index < -0.39 is 11.6 Å². The number of benzene rings is 1. The summed E-state index contributed by atoms with van der Waals surface area (Å²) in [6.07, 6.45) is 9.56. The minimum Gasteiger partial charge on any atom is -0.491 e. The van der Waals surface area contributed by atoms with Gasteiger partial charge in [0.2, 0.25) is 5.95 Å². The first kappa shape index (κ1) is 22.3. The zero-order chi connectivity index (χ0) is 22.0. The first-order valence-electron chi connectivity index (χ1n) is 10.2. The highest BCUT2D eigenvalue weighted by molar-refractivity contribution is 7.96. The van der Waals surface area contributed by atoms with Crippen LogP contribution in [0.3, 0.4) is 0 Å². The van der Waals surface area contributed by atoms with E-state index in [0.717, 1.165) is 56.0 Å². The summed E-state index contributed by atoms with van der Waals surface area (Å²) in [4.78, 5) is 10.6. The molecule has 1 aliphatic carbocycles. The largest absolute Gasteiger partial charge is 0.491 e. The Morgan fingerprint density at radius 2 is 1.77 bits per heavy atom. The molecule has 31 heavy (non-hydrogen) atoms. The summed E-state index contributed by atoms with van der Waals surface area (Å²) < 4.78 is 34.1. The van der Waals surface area contributed by atoms with Gasteiger partial charge in [-0.2, -0.15) is 0 Å². The standard InChI is InChI=1S/C13H15F2NOS.C9H10ClN3/c1-17-13-11(14)7-10(8-12(13)15)9-3-5-16(18-2)6-4-9;10-8-2-11-9(12-3-8)13-4-6-1-7(6)5-13/h3,7-8H,4-6H2,1-2H3;2-3,6-7H,1,4-5H2. The molecule has 2 unspecified atom stereocenters. The van der Waals surface area contributed by atoms with Crippen LogP contribution in [-0.4, -0.2) is 53.8 Å². The van der Waals surface area contributed by atoms with E-state index in [-0.39, 0.29) is 5.75 Å². The summed E-state index contributed by atoms with van der Waals surface area (Å²) in [7, 11) is 1.26. The molecule has 3 aliphatic rings. The average Bonchev–Trinajstić information content (AvgIpc) is 3.39. The summed E-state index contributed by atoms with van der Waals surface area (Å²) in [6, 6.07) is 2.67. The van der Waals surface area contributed by atoms with Gasteiger partial charge in [0.15, 0.2) is 17.4 Å². The fourth-order valence-corrected chi connectivity index (χ4v) is 4.64. The van der Waals surface area contributed by atoms with Crippen molar-refractivity contribution in [2.24, 2.45) is 11.8 Å². The van der Waals surface area contributed by atoms with Gasteiger partial charge >= 0.3 is 0 Å².